The van der Waals surface area contributed by atoms with Crippen molar-refractivity contribution in [2.75, 3.05) is 16.8 Å². The molecule has 0 unspecified atom stereocenters. The lowest BCUT2D eigenvalue weighted by atomic mass is 10.0. The SMILES string of the molecule is N#Cc1ccccc1-c1ccc(N(C=O)Cc2ccccn2)c(NCCc2cccc(F)c2)n1. The first-order valence-electron chi connectivity index (χ1n) is 10.8. The zero-order valence-corrected chi connectivity index (χ0v) is 18.4. The Kier molecular flexibility index (Phi) is 7.21. The molecule has 0 fully saturated rings. The molecule has 0 aliphatic carbocycles. The van der Waals surface area contributed by atoms with Gasteiger partial charge in [0.15, 0.2) is 5.82 Å². The third-order valence-electron chi connectivity index (χ3n) is 5.29. The van der Waals surface area contributed by atoms with E-state index in [0.717, 1.165) is 17.7 Å². The summed E-state index contributed by atoms with van der Waals surface area (Å²) in [5.74, 6) is 0.207. The maximum absolute atomic E-state index is 13.5. The molecule has 0 saturated heterocycles. The number of aromatic nitrogens is 2. The number of nitrogens with zero attached hydrogens (tertiary/aromatic N) is 4. The molecule has 0 radical (unpaired) electrons. The Hall–Kier alpha value is -4.57. The van der Waals surface area contributed by atoms with Gasteiger partial charge in [0.1, 0.15) is 5.82 Å². The van der Waals surface area contributed by atoms with Gasteiger partial charge in [0.25, 0.3) is 0 Å². The molecule has 2 heterocycles. The number of carbonyl (C=O) groups is 1. The summed E-state index contributed by atoms with van der Waals surface area (Å²) >= 11 is 0. The van der Waals surface area contributed by atoms with Gasteiger partial charge < -0.3 is 10.2 Å². The summed E-state index contributed by atoms with van der Waals surface area (Å²) in [5.41, 5.74) is 3.98. The number of pyridine rings is 2. The highest BCUT2D eigenvalue weighted by molar-refractivity contribution is 5.83. The first-order chi connectivity index (χ1) is 16.7. The van der Waals surface area contributed by atoms with E-state index in [2.05, 4.69) is 16.4 Å². The van der Waals surface area contributed by atoms with Crippen molar-refractivity contribution in [2.45, 2.75) is 13.0 Å². The smallest absolute Gasteiger partial charge is 0.214 e. The summed E-state index contributed by atoms with van der Waals surface area (Å²) in [6.45, 7) is 0.752. The quantitative estimate of drug-likeness (QED) is 0.363. The van der Waals surface area contributed by atoms with Crippen LogP contribution in [0.2, 0.25) is 0 Å². The van der Waals surface area contributed by atoms with E-state index in [1.807, 2.05) is 36.4 Å². The van der Waals surface area contributed by atoms with E-state index >= 15 is 0 Å². The highest BCUT2D eigenvalue weighted by Gasteiger charge is 2.16. The lowest BCUT2D eigenvalue weighted by Gasteiger charge is -2.21. The Labute approximate surface area is 197 Å². The Morgan fingerprint density at radius 3 is 2.65 bits per heavy atom. The molecule has 7 heteroatoms. The van der Waals surface area contributed by atoms with Crippen LogP contribution in [0.4, 0.5) is 15.9 Å². The standard InChI is InChI=1S/C27H22FN5O/c28-22-8-5-6-20(16-22)13-15-31-27-26(33(19-34)18-23-9-3-4-14-30-23)12-11-25(32-27)24-10-2-1-7-21(24)17-29/h1-12,14,16,19H,13,15,18H2,(H,31,32). The minimum atomic E-state index is -0.283. The van der Waals surface area contributed by atoms with Crippen LogP contribution in [-0.4, -0.2) is 22.9 Å². The molecule has 2 aromatic heterocycles. The van der Waals surface area contributed by atoms with Gasteiger partial charge in [0, 0.05) is 18.3 Å². The summed E-state index contributed by atoms with van der Waals surface area (Å²) < 4.78 is 13.5. The fourth-order valence-corrected chi connectivity index (χ4v) is 3.63. The largest absolute Gasteiger partial charge is 0.368 e. The molecule has 1 amide bonds. The van der Waals surface area contributed by atoms with Gasteiger partial charge in [-0.3, -0.25) is 9.78 Å². The highest BCUT2D eigenvalue weighted by Crippen LogP contribution is 2.30. The Balaban J connectivity index is 1.66. The number of hydrogen-bond acceptors (Lipinski definition) is 5. The lowest BCUT2D eigenvalue weighted by Crippen LogP contribution is -2.23. The number of amides is 1. The maximum atomic E-state index is 13.5. The minimum absolute atomic E-state index is 0.277. The summed E-state index contributed by atoms with van der Waals surface area (Å²) in [5, 5.41) is 12.8. The van der Waals surface area contributed by atoms with Crippen molar-refractivity contribution in [1.29, 1.82) is 5.26 Å². The van der Waals surface area contributed by atoms with Gasteiger partial charge >= 0.3 is 0 Å². The van der Waals surface area contributed by atoms with Gasteiger partial charge in [-0.05, 0) is 54.4 Å². The van der Waals surface area contributed by atoms with Gasteiger partial charge in [-0.15, -0.1) is 0 Å². The second kappa shape index (κ2) is 10.8. The van der Waals surface area contributed by atoms with Crippen LogP contribution in [0.15, 0.2) is 85.1 Å². The predicted octanol–water partition coefficient (Wildman–Crippen LogP) is 4.97. The molecular formula is C27H22FN5O. The minimum Gasteiger partial charge on any atom is -0.368 e. The Bertz CT molecular complexity index is 1320. The molecule has 0 saturated carbocycles. The van der Waals surface area contributed by atoms with Crippen molar-refractivity contribution >= 4 is 17.9 Å². The van der Waals surface area contributed by atoms with Gasteiger partial charge in [-0.1, -0.05) is 36.4 Å². The van der Waals surface area contributed by atoms with Crippen LogP contribution in [0, 0.1) is 17.1 Å². The van der Waals surface area contributed by atoms with E-state index in [1.54, 1.807) is 36.5 Å². The van der Waals surface area contributed by atoms with Crippen molar-refractivity contribution in [3.05, 3.63) is 108 Å². The van der Waals surface area contributed by atoms with Crippen LogP contribution < -0.4 is 10.2 Å². The number of nitrogens with one attached hydrogen (secondary N) is 1. The number of hydrogen-bond donors (Lipinski definition) is 1. The lowest BCUT2D eigenvalue weighted by molar-refractivity contribution is -0.107. The van der Waals surface area contributed by atoms with Crippen LogP contribution in [0.25, 0.3) is 11.3 Å². The number of rotatable bonds is 9. The van der Waals surface area contributed by atoms with Gasteiger partial charge in [-0.25, -0.2) is 9.37 Å². The molecule has 0 bridgehead atoms. The zero-order chi connectivity index (χ0) is 23.8. The van der Waals surface area contributed by atoms with Crippen molar-refractivity contribution in [1.82, 2.24) is 9.97 Å². The van der Waals surface area contributed by atoms with Crippen LogP contribution in [0.5, 0.6) is 0 Å². The second-order valence-electron chi connectivity index (χ2n) is 7.58. The van der Waals surface area contributed by atoms with Crippen LogP contribution in [-0.2, 0) is 17.8 Å². The molecule has 34 heavy (non-hydrogen) atoms. The molecule has 0 atom stereocenters. The van der Waals surface area contributed by atoms with Gasteiger partial charge in [0.05, 0.1) is 35.3 Å². The van der Waals surface area contributed by atoms with Crippen LogP contribution >= 0.6 is 0 Å². The number of anilines is 2. The van der Waals surface area contributed by atoms with Gasteiger partial charge in [0.2, 0.25) is 6.41 Å². The monoisotopic (exact) mass is 451 g/mol. The molecule has 0 aliphatic heterocycles. The Morgan fingerprint density at radius 1 is 1.03 bits per heavy atom. The first-order valence-corrected chi connectivity index (χ1v) is 10.8. The van der Waals surface area contributed by atoms with Crippen molar-refractivity contribution in [3.63, 3.8) is 0 Å². The third-order valence-corrected chi connectivity index (χ3v) is 5.29. The summed E-state index contributed by atoms with van der Waals surface area (Å²) in [7, 11) is 0. The average Bonchev–Trinajstić information content (AvgIpc) is 2.88. The molecule has 0 spiro atoms. The molecule has 2 aromatic carbocycles. The maximum Gasteiger partial charge on any atom is 0.214 e. The van der Waals surface area contributed by atoms with Crippen molar-refractivity contribution in [2.24, 2.45) is 0 Å². The highest BCUT2D eigenvalue weighted by atomic mass is 19.1. The molecule has 6 nitrogen and oxygen atoms in total. The van der Waals surface area contributed by atoms with Crippen LogP contribution in [0.1, 0.15) is 16.8 Å². The topological polar surface area (TPSA) is 81.9 Å². The summed E-state index contributed by atoms with van der Waals surface area (Å²) in [4.78, 5) is 22.6. The fraction of sp³-hybridized carbons (Fsp3) is 0.111. The summed E-state index contributed by atoms with van der Waals surface area (Å²) in [6, 6.07) is 25.0. The van der Waals surface area contributed by atoms with E-state index in [9.17, 15) is 14.4 Å². The van der Waals surface area contributed by atoms with E-state index in [-0.39, 0.29) is 12.4 Å². The normalized spacial score (nSPS) is 10.4. The fourth-order valence-electron chi connectivity index (χ4n) is 3.63. The third kappa shape index (κ3) is 5.43. The average molecular weight is 452 g/mol. The van der Waals surface area contributed by atoms with Crippen LogP contribution in [0.3, 0.4) is 0 Å². The molecule has 4 rings (SSSR count). The molecule has 168 valence electrons. The molecule has 4 aromatic rings. The number of benzene rings is 2. The molecule has 1 N–H and O–H groups in total. The van der Waals surface area contributed by atoms with Gasteiger partial charge in [-0.2, -0.15) is 5.26 Å². The van der Waals surface area contributed by atoms with E-state index in [0.29, 0.717) is 41.3 Å². The summed E-state index contributed by atoms with van der Waals surface area (Å²) in [6.07, 6.45) is 2.99. The van der Waals surface area contributed by atoms with E-state index in [4.69, 9.17) is 4.98 Å². The van der Waals surface area contributed by atoms with E-state index < -0.39 is 0 Å². The number of halogens is 1. The zero-order valence-electron chi connectivity index (χ0n) is 18.4. The first kappa shape index (κ1) is 22.6. The molecule has 0 aliphatic rings. The second-order valence-corrected chi connectivity index (χ2v) is 7.58. The van der Waals surface area contributed by atoms with E-state index in [1.165, 1.54) is 17.0 Å². The van der Waals surface area contributed by atoms with Crippen molar-refractivity contribution in [3.8, 4) is 17.3 Å². The number of carbonyl (C=O) groups excluding carboxylic acids is 1. The molecular weight excluding hydrogens is 429 g/mol. The number of nitriles is 1. The Morgan fingerprint density at radius 2 is 1.88 bits per heavy atom. The predicted molar refractivity (Wildman–Crippen MR) is 129 cm³/mol. The van der Waals surface area contributed by atoms with Crippen molar-refractivity contribution < 1.29 is 9.18 Å².